The molecule has 1 aliphatic rings. The number of hydrogen-bond acceptors (Lipinski definition) is 5. The van der Waals surface area contributed by atoms with Gasteiger partial charge in [0.15, 0.2) is 5.82 Å². The van der Waals surface area contributed by atoms with Gasteiger partial charge in [0.1, 0.15) is 10.3 Å². The third-order valence-corrected chi connectivity index (χ3v) is 4.97. The summed E-state index contributed by atoms with van der Waals surface area (Å²) in [4.78, 5) is 12.6. The van der Waals surface area contributed by atoms with Gasteiger partial charge in [-0.05, 0) is 41.9 Å². The van der Waals surface area contributed by atoms with Crippen LogP contribution in [0.25, 0.3) is 11.3 Å². The molecule has 2 N–H and O–H groups in total. The Morgan fingerprint density at radius 1 is 1.08 bits per heavy atom. The van der Waals surface area contributed by atoms with Crippen molar-refractivity contribution >= 4 is 27.4 Å². The summed E-state index contributed by atoms with van der Waals surface area (Å²) >= 11 is 3.19. The van der Waals surface area contributed by atoms with Crippen molar-refractivity contribution in [3.05, 3.63) is 34.8 Å². The number of anilines is 2. The van der Waals surface area contributed by atoms with Crippen molar-refractivity contribution in [2.45, 2.75) is 19.9 Å². The zero-order chi connectivity index (χ0) is 17.3. The fraction of sp³-hybridized carbons (Fsp3) is 0.412. The number of nitrogens with zero attached hydrogens (tertiary/aromatic N) is 4. The first-order valence-electron chi connectivity index (χ1n) is 8.03. The Bertz CT molecular complexity index is 712. The Morgan fingerprint density at radius 2 is 1.71 bits per heavy atom. The van der Waals surface area contributed by atoms with Crippen LogP contribution in [-0.2, 0) is 0 Å². The van der Waals surface area contributed by atoms with Crippen molar-refractivity contribution < 1.29 is 4.39 Å². The van der Waals surface area contributed by atoms with E-state index in [1.165, 1.54) is 0 Å². The number of halogens is 2. The minimum atomic E-state index is -0.658. The maximum atomic E-state index is 14.0. The molecular weight excluding hydrogens is 373 g/mol. The molecule has 0 unspecified atom stereocenters. The van der Waals surface area contributed by atoms with Crippen LogP contribution in [0.1, 0.15) is 13.8 Å². The third kappa shape index (κ3) is 3.52. The van der Waals surface area contributed by atoms with E-state index in [9.17, 15) is 4.39 Å². The van der Waals surface area contributed by atoms with Crippen LogP contribution in [0.3, 0.4) is 0 Å². The van der Waals surface area contributed by atoms with E-state index in [1.54, 1.807) is 0 Å². The Kier molecular flexibility index (Phi) is 5.01. The Balaban J connectivity index is 1.76. The number of benzene rings is 1. The largest absolute Gasteiger partial charge is 0.381 e. The van der Waals surface area contributed by atoms with Gasteiger partial charge < -0.3 is 10.6 Å². The number of aromatic nitrogens is 2. The predicted molar refractivity (Wildman–Crippen MR) is 98.5 cm³/mol. The molecule has 0 amide bonds. The number of nitrogen functional groups attached to an aromatic ring is 1. The summed E-state index contributed by atoms with van der Waals surface area (Å²) in [6.07, 6.45) is 0. The maximum absolute atomic E-state index is 14.0. The summed E-state index contributed by atoms with van der Waals surface area (Å²) in [5.74, 6) is -0.607. The van der Waals surface area contributed by atoms with Crippen LogP contribution in [0.4, 0.5) is 15.9 Å². The molecule has 128 valence electrons. The first-order chi connectivity index (χ1) is 11.5. The molecule has 2 heterocycles. The second kappa shape index (κ2) is 7.03. The van der Waals surface area contributed by atoms with Gasteiger partial charge in [0, 0.05) is 43.5 Å². The molecule has 0 saturated carbocycles. The van der Waals surface area contributed by atoms with Crippen LogP contribution in [0, 0.1) is 5.95 Å². The molecule has 7 heteroatoms. The minimum Gasteiger partial charge on any atom is -0.381 e. The zero-order valence-corrected chi connectivity index (χ0v) is 15.4. The highest BCUT2D eigenvalue weighted by molar-refractivity contribution is 9.10. The second-order valence-electron chi connectivity index (χ2n) is 6.20. The average Bonchev–Trinajstić information content (AvgIpc) is 2.58. The highest BCUT2D eigenvalue weighted by Crippen LogP contribution is 2.27. The van der Waals surface area contributed by atoms with Gasteiger partial charge in [0.05, 0.1) is 0 Å². The lowest BCUT2D eigenvalue weighted by atomic mass is 10.1. The molecule has 0 atom stereocenters. The fourth-order valence-corrected chi connectivity index (χ4v) is 3.18. The van der Waals surface area contributed by atoms with Crippen molar-refractivity contribution in [3.8, 4) is 11.3 Å². The third-order valence-electron chi connectivity index (χ3n) is 4.39. The highest BCUT2D eigenvalue weighted by Gasteiger charge is 2.19. The molecule has 1 aliphatic heterocycles. The quantitative estimate of drug-likeness (QED) is 0.867. The van der Waals surface area contributed by atoms with E-state index in [4.69, 9.17) is 5.73 Å². The monoisotopic (exact) mass is 393 g/mol. The summed E-state index contributed by atoms with van der Waals surface area (Å²) < 4.78 is 14.4. The second-order valence-corrected chi connectivity index (χ2v) is 6.95. The smallest absolute Gasteiger partial charge is 0.241 e. The van der Waals surface area contributed by atoms with Crippen LogP contribution in [0.2, 0.25) is 0 Å². The summed E-state index contributed by atoms with van der Waals surface area (Å²) in [7, 11) is 0. The number of hydrogen-bond donors (Lipinski definition) is 1. The summed E-state index contributed by atoms with van der Waals surface area (Å²) in [6.45, 7) is 8.57. The molecule has 1 saturated heterocycles. The Morgan fingerprint density at radius 3 is 2.29 bits per heavy atom. The molecule has 5 nitrogen and oxygen atoms in total. The predicted octanol–water partition coefficient (Wildman–Crippen LogP) is 3.16. The fourth-order valence-electron chi connectivity index (χ4n) is 2.92. The molecule has 3 rings (SSSR count). The van der Waals surface area contributed by atoms with Crippen LogP contribution in [0.5, 0.6) is 0 Å². The van der Waals surface area contributed by atoms with Crippen LogP contribution in [0.15, 0.2) is 28.9 Å². The van der Waals surface area contributed by atoms with E-state index in [-0.39, 0.29) is 11.5 Å². The van der Waals surface area contributed by atoms with Gasteiger partial charge in [-0.25, -0.2) is 4.98 Å². The molecule has 0 aliphatic carbocycles. The number of piperazine rings is 1. The lowest BCUT2D eigenvalue weighted by Crippen LogP contribution is -2.48. The molecule has 0 radical (unpaired) electrons. The molecular formula is C17H21BrFN5. The zero-order valence-electron chi connectivity index (χ0n) is 13.8. The van der Waals surface area contributed by atoms with E-state index >= 15 is 0 Å². The standard InChI is InChI=1S/C17H21BrFN5/c1-11(2)23-7-9-24(10-8-23)13-5-3-12(4-6-13)14-16(19)22-17(20)15(18)21-14/h3-6,11H,7-10H2,1-2H3,(H2,20,22). The summed E-state index contributed by atoms with van der Waals surface area (Å²) in [5.41, 5.74) is 7.58. The summed E-state index contributed by atoms with van der Waals surface area (Å²) in [5, 5.41) is 0. The van der Waals surface area contributed by atoms with Crippen molar-refractivity contribution in [1.29, 1.82) is 0 Å². The molecule has 1 aromatic carbocycles. The molecule has 1 fully saturated rings. The van der Waals surface area contributed by atoms with Crippen LogP contribution >= 0.6 is 15.9 Å². The average molecular weight is 394 g/mol. The summed E-state index contributed by atoms with van der Waals surface area (Å²) in [6, 6.07) is 8.34. The first kappa shape index (κ1) is 17.1. The normalized spacial score (nSPS) is 16.0. The lowest BCUT2D eigenvalue weighted by molar-refractivity contribution is 0.209. The Hall–Kier alpha value is -1.73. The van der Waals surface area contributed by atoms with Gasteiger partial charge in [-0.2, -0.15) is 9.37 Å². The first-order valence-corrected chi connectivity index (χ1v) is 8.83. The van der Waals surface area contributed by atoms with Crippen molar-refractivity contribution in [2.24, 2.45) is 0 Å². The van der Waals surface area contributed by atoms with Gasteiger partial charge in [0.2, 0.25) is 5.95 Å². The van der Waals surface area contributed by atoms with E-state index in [0.29, 0.717) is 16.2 Å². The van der Waals surface area contributed by atoms with Crippen LogP contribution in [-0.4, -0.2) is 47.1 Å². The van der Waals surface area contributed by atoms with Gasteiger partial charge in [0.25, 0.3) is 0 Å². The Labute approximate surface area is 149 Å². The van der Waals surface area contributed by atoms with Crippen molar-refractivity contribution in [2.75, 3.05) is 36.8 Å². The van der Waals surface area contributed by atoms with Gasteiger partial charge in [-0.3, -0.25) is 4.90 Å². The topological polar surface area (TPSA) is 58.3 Å². The number of rotatable bonds is 3. The van der Waals surface area contributed by atoms with E-state index < -0.39 is 5.95 Å². The van der Waals surface area contributed by atoms with Gasteiger partial charge >= 0.3 is 0 Å². The van der Waals surface area contributed by atoms with E-state index in [2.05, 4.69) is 49.5 Å². The molecule has 24 heavy (non-hydrogen) atoms. The maximum Gasteiger partial charge on any atom is 0.241 e. The molecule has 0 spiro atoms. The van der Waals surface area contributed by atoms with E-state index in [1.807, 2.05) is 24.3 Å². The molecule has 1 aromatic heterocycles. The van der Waals surface area contributed by atoms with Gasteiger partial charge in [-0.1, -0.05) is 12.1 Å². The van der Waals surface area contributed by atoms with Crippen molar-refractivity contribution in [3.63, 3.8) is 0 Å². The van der Waals surface area contributed by atoms with E-state index in [0.717, 1.165) is 31.9 Å². The van der Waals surface area contributed by atoms with Gasteiger partial charge in [-0.15, -0.1) is 0 Å². The van der Waals surface area contributed by atoms with Crippen molar-refractivity contribution in [1.82, 2.24) is 14.9 Å². The number of nitrogens with two attached hydrogens (primary N) is 1. The molecule has 2 aromatic rings. The van der Waals surface area contributed by atoms with Crippen LogP contribution < -0.4 is 10.6 Å². The minimum absolute atomic E-state index is 0.0518. The molecule has 0 bridgehead atoms. The lowest BCUT2D eigenvalue weighted by Gasteiger charge is -2.38. The SMILES string of the molecule is CC(C)N1CCN(c2ccc(-c3nc(Br)c(N)nc3F)cc2)CC1. The highest BCUT2D eigenvalue weighted by atomic mass is 79.9.